The van der Waals surface area contributed by atoms with Crippen molar-refractivity contribution in [3.8, 4) is 10.6 Å². The summed E-state index contributed by atoms with van der Waals surface area (Å²) in [6.45, 7) is 4.24. The van der Waals surface area contributed by atoms with Crippen LogP contribution in [0.2, 0.25) is 0 Å². The Morgan fingerprint density at radius 3 is 2.73 bits per heavy atom. The largest absolute Gasteiger partial charge is 0.322 e. The standard InChI is InChI=1S/C11H14N2S2/c1-7(2)10(12)9-6-15-11(13-9)8-3-4-14-5-8/h3-7,10H,12H2,1-2H3. The van der Waals surface area contributed by atoms with E-state index in [0.29, 0.717) is 5.92 Å². The Morgan fingerprint density at radius 2 is 2.13 bits per heavy atom. The topological polar surface area (TPSA) is 38.9 Å². The van der Waals surface area contributed by atoms with E-state index in [1.165, 1.54) is 5.56 Å². The normalized spacial score (nSPS) is 13.3. The molecule has 15 heavy (non-hydrogen) atoms. The lowest BCUT2D eigenvalue weighted by atomic mass is 10.0. The number of thiophene rings is 1. The highest BCUT2D eigenvalue weighted by molar-refractivity contribution is 7.14. The Hall–Kier alpha value is -0.710. The Labute approximate surface area is 97.8 Å². The Balaban J connectivity index is 2.25. The van der Waals surface area contributed by atoms with Crippen LogP contribution >= 0.6 is 22.7 Å². The van der Waals surface area contributed by atoms with Crippen LogP contribution in [0, 0.1) is 5.92 Å². The van der Waals surface area contributed by atoms with Gasteiger partial charge in [0.15, 0.2) is 0 Å². The molecule has 0 aromatic carbocycles. The molecule has 0 spiro atoms. The number of nitrogens with zero attached hydrogens (tertiary/aromatic N) is 1. The van der Waals surface area contributed by atoms with E-state index in [1.54, 1.807) is 22.7 Å². The number of hydrogen-bond donors (Lipinski definition) is 1. The summed E-state index contributed by atoms with van der Waals surface area (Å²) in [4.78, 5) is 4.57. The van der Waals surface area contributed by atoms with Gasteiger partial charge in [0, 0.05) is 16.3 Å². The molecule has 0 bridgehead atoms. The highest BCUT2D eigenvalue weighted by Crippen LogP contribution is 2.28. The maximum absolute atomic E-state index is 6.05. The summed E-state index contributed by atoms with van der Waals surface area (Å²) in [5, 5.41) is 7.32. The quantitative estimate of drug-likeness (QED) is 0.888. The van der Waals surface area contributed by atoms with E-state index in [0.717, 1.165) is 10.7 Å². The number of hydrogen-bond acceptors (Lipinski definition) is 4. The minimum absolute atomic E-state index is 0.0497. The van der Waals surface area contributed by atoms with Crippen molar-refractivity contribution >= 4 is 22.7 Å². The summed E-state index contributed by atoms with van der Waals surface area (Å²) in [5.74, 6) is 0.433. The van der Waals surface area contributed by atoms with Gasteiger partial charge in [-0.25, -0.2) is 4.98 Å². The van der Waals surface area contributed by atoms with Crippen molar-refractivity contribution in [1.29, 1.82) is 0 Å². The first-order valence-electron chi connectivity index (χ1n) is 4.92. The fourth-order valence-corrected chi connectivity index (χ4v) is 2.88. The third-order valence-electron chi connectivity index (χ3n) is 2.35. The SMILES string of the molecule is CC(C)C(N)c1csc(-c2ccsc2)n1. The maximum Gasteiger partial charge on any atom is 0.124 e. The minimum atomic E-state index is 0.0497. The molecular weight excluding hydrogens is 224 g/mol. The Bertz CT molecular complexity index is 417. The maximum atomic E-state index is 6.05. The number of thiazole rings is 1. The molecule has 0 aliphatic heterocycles. The third kappa shape index (κ3) is 2.27. The predicted octanol–water partition coefficient (Wildman–Crippen LogP) is 3.53. The highest BCUT2D eigenvalue weighted by atomic mass is 32.1. The molecule has 0 aliphatic carbocycles. The van der Waals surface area contributed by atoms with Crippen molar-refractivity contribution in [3.05, 3.63) is 27.9 Å². The zero-order valence-corrected chi connectivity index (χ0v) is 10.4. The van der Waals surface area contributed by atoms with E-state index < -0.39 is 0 Å². The van der Waals surface area contributed by atoms with Gasteiger partial charge in [0.25, 0.3) is 0 Å². The molecule has 2 aromatic rings. The molecule has 0 saturated carbocycles. The lowest BCUT2D eigenvalue weighted by molar-refractivity contribution is 0.505. The molecule has 0 fully saturated rings. The molecule has 1 atom stereocenters. The average molecular weight is 238 g/mol. The van der Waals surface area contributed by atoms with Crippen molar-refractivity contribution in [3.63, 3.8) is 0 Å². The molecule has 80 valence electrons. The van der Waals surface area contributed by atoms with Crippen molar-refractivity contribution in [2.75, 3.05) is 0 Å². The van der Waals surface area contributed by atoms with Gasteiger partial charge in [0.2, 0.25) is 0 Å². The summed E-state index contributed by atoms with van der Waals surface area (Å²) in [7, 11) is 0. The number of aromatic nitrogens is 1. The average Bonchev–Trinajstić information content (AvgIpc) is 2.86. The van der Waals surface area contributed by atoms with Gasteiger partial charge in [-0.05, 0) is 17.4 Å². The van der Waals surface area contributed by atoms with E-state index in [1.807, 2.05) is 0 Å². The molecule has 2 N–H and O–H groups in total. The van der Waals surface area contributed by atoms with Gasteiger partial charge in [-0.1, -0.05) is 13.8 Å². The van der Waals surface area contributed by atoms with Crippen molar-refractivity contribution < 1.29 is 0 Å². The van der Waals surface area contributed by atoms with Gasteiger partial charge in [0.1, 0.15) is 5.01 Å². The number of rotatable bonds is 3. The predicted molar refractivity (Wildman–Crippen MR) is 67.2 cm³/mol. The van der Waals surface area contributed by atoms with Gasteiger partial charge in [-0.2, -0.15) is 11.3 Å². The third-order valence-corrected chi connectivity index (χ3v) is 3.94. The summed E-state index contributed by atoms with van der Waals surface area (Å²) < 4.78 is 0. The van der Waals surface area contributed by atoms with Gasteiger partial charge in [-0.15, -0.1) is 11.3 Å². The highest BCUT2D eigenvalue weighted by Gasteiger charge is 2.14. The van der Waals surface area contributed by atoms with Crippen LogP contribution in [0.5, 0.6) is 0 Å². The van der Waals surface area contributed by atoms with Crippen molar-refractivity contribution in [1.82, 2.24) is 4.98 Å². The van der Waals surface area contributed by atoms with Crippen molar-refractivity contribution in [2.45, 2.75) is 19.9 Å². The lowest BCUT2D eigenvalue weighted by Gasteiger charge is -2.11. The molecule has 2 heterocycles. The van der Waals surface area contributed by atoms with Crippen LogP contribution in [0.4, 0.5) is 0 Å². The molecule has 0 saturated heterocycles. The van der Waals surface area contributed by atoms with Crippen LogP contribution in [0.3, 0.4) is 0 Å². The van der Waals surface area contributed by atoms with Crippen LogP contribution in [0.15, 0.2) is 22.2 Å². The fourth-order valence-electron chi connectivity index (χ4n) is 1.30. The van der Waals surface area contributed by atoms with Gasteiger partial charge in [-0.3, -0.25) is 0 Å². The van der Waals surface area contributed by atoms with Crippen LogP contribution in [-0.2, 0) is 0 Å². The Kier molecular flexibility index (Phi) is 3.19. The summed E-state index contributed by atoms with van der Waals surface area (Å²) in [6.07, 6.45) is 0. The second-order valence-corrected chi connectivity index (χ2v) is 5.50. The molecule has 1 unspecified atom stereocenters. The molecule has 0 amide bonds. The lowest BCUT2D eigenvalue weighted by Crippen LogP contribution is -2.16. The van der Waals surface area contributed by atoms with E-state index in [-0.39, 0.29) is 6.04 Å². The zero-order valence-electron chi connectivity index (χ0n) is 8.81. The van der Waals surface area contributed by atoms with Gasteiger partial charge in [0.05, 0.1) is 11.7 Å². The van der Waals surface area contributed by atoms with Crippen LogP contribution < -0.4 is 5.73 Å². The number of nitrogens with two attached hydrogens (primary N) is 1. The smallest absolute Gasteiger partial charge is 0.124 e. The van der Waals surface area contributed by atoms with Crippen LogP contribution in [0.1, 0.15) is 25.6 Å². The molecule has 2 aromatic heterocycles. The van der Waals surface area contributed by atoms with E-state index >= 15 is 0 Å². The second-order valence-electron chi connectivity index (χ2n) is 3.86. The van der Waals surface area contributed by atoms with Crippen LogP contribution in [-0.4, -0.2) is 4.98 Å². The van der Waals surface area contributed by atoms with Gasteiger partial charge < -0.3 is 5.73 Å². The molecule has 2 rings (SSSR count). The molecule has 4 heteroatoms. The summed E-state index contributed by atoms with van der Waals surface area (Å²) >= 11 is 3.36. The first kappa shape index (κ1) is 10.8. The van der Waals surface area contributed by atoms with E-state index in [9.17, 15) is 0 Å². The summed E-state index contributed by atoms with van der Waals surface area (Å²) in [5.41, 5.74) is 8.26. The first-order chi connectivity index (χ1) is 7.18. The van der Waals surface area contributed by atoms with E-state index in [2.05, 4.69) is 41.0 Å². The monoisotopic (exact) mass is 238 g/mol. The van der Waals surface area contributed by atoms with Gasteiger partial charge >= 0.3 is 0 Å². The summed E-state index contributed by atoms with van der Waals surface area (Å²) in [6, 6.07) is 2.14. The Morgan fingerprint density at radius 1 is 1.33 bits per heavy atom. The second kappa shape index (κ2) is 4.43. The molecule has 0 radical (unpaired) electrons. The molecule has 0 aliphatic rings. The minimum Gasteiger partial charge on any atom is -0.322 e. The zero-order chi connectivity index (χ0) is 10.8. The first-order valence-corrected chi connectivity index (χ1v) is 6.74. The van der Waals surface area contributed by atoms with Crippen LogP contribution in [0.25, 0.3) is 10.6 Å². The fraction of sp³-hybridized carbons (Fsp3) is 0.364. The molecular formula is C11H14N2S2. The van der Waals surface area contributed by atoms with Crippen molar-refractivity contribution in [2.24, 2.45) is 11.7 Å². The molecule has 2 nitrogen and oxygen atoms in total. The van der Waals surface area contributed by atoms with E-state index in [4.69, 9.17) is 5.73 Å².